The number of thiol groups is 1. The average molecular weight is 442 g/mol. The topological polar surface area (TPSA) is 70.2 Å². The Bertz CT molecular complexity index is 1080. The van der Waals surface area contributed by atoms with Crippen LogP contribution in [0.2, 0.25) is 0 Å². The Labute approximate surface area is 182 Å². The SMILES string of the molecule is O=C(c1cc2c(s1)CSc1cnc(Nc3cccc(S)c3)nc1-2)N1CCNCC1. The molecule has 6 nitrogen and oxygen atoms in total. The van der Waals surface area contributed by atoms with E-state index in [1.54, 1.807) is 23.1 Å². The molecule has 1 saturated heterocycles. The van der Waals surface area contributed by atoms with Gasteiger partial charge >= 0.3 is 0 Å². The van der Waals surface area contributed by atoms with E-state index in [0.29, 0.717) is 5.95 Å². The molecule has 2 aromatic heterocycles. The third-order valence-electron chi connectivity index (χ3n) is 4.90. The van der Waals surface area contributed by atoms with Crippen molar-refractivity contribution in [3.05, 3.63) is 46.3 Å². The van der Waals surface area contributed by atoms with Crippen LogP contribution in [0, 0.1) is 0 Å². The van der Waals surface area contributed by atoms with Gasteiger partial charge in [0.15, 0.2) is 0 Å². The fourth-order valence-electron chi connectivity index (χ4n) is 3.45. The van der Waals surface area contributed by atoms with Crippen molar-refractivity contribution in [3.8, 4) is 11.3 Å². The second-order valence-corrected chi connectivity index (χ2v) is 9.53. The van der Waals surface area contributed by atoms with Crippen LogP contribution in [0.4, 0.5) is 11.6 Å². The number of carbonyl (C=O) groups is 1. The molecule has 0 radical (unpaired) electrons. The highest BCUT2D eigenvalue weighted by Gasteiger charge is 2.26. The van der Waals surface area contributed by atoms with Crippen LogP contribution in [-0.2, 0) is 5.75 Å². The number of hydrogen-bond acceptors (Lipinski definition) is 8. The van der Waals surface area contributed by atoms with Gasteiger partial charge in [0.05, 0.1) is 15.5 Å². The minimum atomic E-state index is 0.121. The first-order valence-corrected chi connectivity index (χ1v) is 11.6. The molecule has 5 rings (SSSR count). The number of aromatic nitrogens is 2. The number of fused-ring (bicyclic) bond motifs is 3. The lowest BCUT2D eigenvalue weighted by Gasteiger charge is -2.26. The predicted molar refractivity (Wildman–Crippen MR) is 121 cm³/mol. The number of benzene rings is 1. The normalized spacial score (nSPS) is 15.6. The van der Waals surface area contributed by atoms with Crippen LogP contribution in [-0.4, -0.2) is 47.0 Å². The minimum Gasteiger partial charge on any atom is -0.335 e. The molecule has 0 unspecified atom stereocenters. The van der Waals surface area contributed by atoms with E-state index in [2.05, 4.69) is 28.2 Å². The second-order valence-electron chi connectivity index (χ2n) is 6.86. The van der Waals surface area contributed by atoms with E-state index in [0.717, 1.165) is 63.5 Å². The maximum atomic E-state index is 12.9. The van der Waals surface area contributed by atoms with E-state index in [9.17, 15) is 4.79 Å². The van der Waals surface area contributed by atoms with Gasteiger partial charge in [-0.05, 0) is 24.3 Å². The number of amides is 1. The van der Waals surface area contributed by atoms with Gasteiger partial charge < -0.3 is 15.5 Å². The van der Waals surface area contributed by atoms with Crippen molar-refractivity contribution in [2.24, 2.45) is 0 Å². The predicted octanol–water partition coefficient (Wildman–Crippen LogP) is 3.89. The molecule has 29 heavy (non-hydrogen) atoms. The summed E-state index contributed by atoms with van der Waals surface area (Å²) in [5.41, 5.74) is 2.84. The molecular formula is C20H19N5OS3. The summed E-state index contributed by atoms with van der Waals surface area (Å²) in [7, 11) is 0. The van der Waals surface area contributed by atoms with E-state index in [1.807, 2.05) is 41.4 Å². The van der Waals surface area contributed by atoms with Gasteiger partial charge in [0.1, 0.15) is 0 Å². The van der Waals surface area contributed by atoms with Crippen LogP contribution >= 0.6 is 35.7 Å². The van der Waals surface area contributed by atoms with Crippen molar-refractivity contribution < 1.29 is 4.79 Å². The fraction of sp³-hybridized carbons (Fsp3) is 0.250. The monoisotopic (exact) mass is 441 g/mol. The summed E-state index contributed by atoms with van der Waals surface area (Å²) in [5, 5.41) is 6.54. The van der Waals surface area contributed by atoms with E-state index in [1.165, 1.54) is 4.88 Å². The lowest BCUT2D eigenvalue weighted by Crippen LogP contribution is -2.46. The number of thioether (sulfide) groups is 1. The quantitative estimate of drug-likeness (QED) is 0.536. The lowest BCUT2D eigenvalue weighted by molar-refractivity contribution is 0.0740. The van der Waals surface area contributed by atoms with Gasteiger partial charge in [0.2, 0.25) is 5.95 Å². The number of anilines is 2. The molecule has 0 spiro atoms. The van der Waals surface area contributed by atoms with E-state index in [4.69, 9.17) is 4.98 Å². The molecule has 1 fully saturated rings. The first kappa shape index (κ1) is 18.9. The van der Waals surface area contributed by atoms with Crippen LogP contribution in [0.25, 0.3) is 11.3 Å². The molecule has 148 valence electrons. The number of hydrogen-bond donors (Lipinski definition) is 3. The Morgan fingerprint density at radius 1 is 1.24 bits per heavy atom. The Balaban J connectivity index is 1.45. The van der Waals surface area contributed by atoms with Crippen molar-refractivity contribution in [1.82, 2.24) is 20.2 Å². The van der Waals surface area contributed by atoms with Gasteiger partial charge in [-0.25, -0.2) is 9.97 Å². The van der Waals surface area contributed by atoms with Crippen LogP contribution in [0.3, 0.4) is 0 Å². The average Bonchev–Trinajstić information content (AvgIpc) is 3.19. The highest BCUT2D eigenvalue weighted by Crippen LogP contribution is 2.44. The standard InChI is InChI=1S/C20H19N5OS3/c26-19(25-6-4-21-5-7-25)15-9-14-17(29-15)11-28-16-10-22-20(24-18(14)16)23-12-2-1-3-13(27)8-12/h1-3,8-10,21,27H,4-7,11H2,(H,22,23,24). The van der Waals surface area contributed by atoms with Crippen molar-refractivity contribution in [1.29, 1.82) is 0 Å². The molecule has 4 heterocycles. The number of carbonyl (C=O) groups excluding carboxylic acids is 1. The Kier molecular flexibility index (Phi) is 5.21. The van der Waals surface area contributed by atoms with Crippen molar-refractivity contribution in [3.63, 3.8) is 0 Å². The van der Waals surface area contributed by atoms with Crippen LogP contribution in [0.15, 0.2) is 46.3 Å². The molecule has 2 aliphatic heterocycles. The summed E-state index contributed by atoms with van der Waals surface area (Å²) in [6.07, 6.45) is 1.86. The molecular weight excluding hydrogens is 422 g/mol. The Morgan fingerprint density at radius 3 is 2.93 bits per heavy atom. The van der Waals surface area contributed by atoms with Gasteiger partial charge in [0.25, 0.3) is 5.91 Å². The number of nitrogens with zero attached hydrogens (tertiary/aromatic N) is 3. The summed E-state index contributed by atoms with van der Waals surface area (Å²) in [6.45, 7) is 3.22. The Morgan fingerprint density at radius 2 is 2.10 bits per heavy atom. The van der Waals surface area contributed by atoms with Crippen molar-refractivity contribution in [2.45, 2.75) is 15.5 Å². The van der Waals surface area contributed by atoms with Crippen LogP contribution < -0.4 is 10.6 Å². The molecule has 0 saturated carbocycles. The molecule has 1 aromatic carbocycles. The molecule has 0 bridgehead atoms. The number of thiophene rings is 1. The highest BCUT2D eigenvalue weighted by molar-refractivity contribution is 7.98. The summed E-state index contributed by atoms with van der Waals surface area (Å²) < 4.78 is 0. The van der Waals surface area contributed by atoms with Gasteiger partial charge in [0, 0.05) is 59.2 Å². The van der Waals surface area contributed by atoms with Crippen LogP contribution in [0.1, 0.15) is 14.5 Å². The highest BCUT2D eigenvalue weighted by atomic mass is 32.2. The molecule has 0 atom stereocenters. The maximum absolute atomic E-state index is 12.9. The van der Waals surface area contributed by atoms with E-state index < -0.39 is 0 Å². The minimum absolute atomic E-state index is 0.121. The largest absolute Gasteiger partial charge is 0.335 e. The zero-order valence-corrected chi connectivity index (χ0v) is 18.0. The van der Waals surface area contributed by atoms with Crippen molar-refractivity contribution in [2.75, 3.05) is 31.5 Å². The molecule has 2 N–H and O–H groups in total. The van der Waals surface area contributed by atoms with Crippen molar-refractivity contribution >= 4 is 53.3 Å². The third kappa shape index (κ3) is 3.87. The zero-order valence-electron chi connectivity index (χ0n) is 15.5. The first-order valence-electron chi connectivity index (χ1n) is 9.36. The molecule has 2 aliphatic rings. The van der Waals surface area contributed by atoms with Gasteiger partial charge in [-0.2, -0.15) is 0 Å². The first-order chi connectivity index (χ1) is 14.2. The fourth-order valence-corrected chi connectivity index (χ4v) is 5.87. The maximum Gasteiger partial charge on any atom is 0.264 e. The second kappa shape index (κ2) is 7.98. The number of rotatable bonds is 3. The smallest absolute Gasteiger partial charge is 0.264 e. The van der Waals surface area contributed by atoms with Gasteiger partial charge in [-0.3, -0.25) is 4.79 Å². The van der Waals surface area contributed by atoms with E-state index >= 15 is 0 Å². The van der Waals surface area contributed by atoms with Gasteiger partial charge in [-0.15, -0.1) is 35.7 Å². The van der Waals surface area contributed by atoms with Crippen LogP contribution in [0.5, 0.6) is 0 Å². The molecule has 1 amide bonds. The lowest BCUT2D eigenvalue weighted by atomic mass is 10.1. The zero-order chi connectivity index (χ0) is 19.8. The summed E-state index contributed by atoms with van der Waals surface area (Å²) in [4.78, 5) is 28.0. The molecule has 0 aliphatic carbocycles. The molecule has 3 aromatic rings. The Hall–Kier alpha value is -2.07. The number of nitrogens with one attached hydrogen (secondary N) is 2. The summed E-state index contributed by atoms with van der Waals surface area (Å²) in [6, 6.07) is 9.75. The van der Waals surface area contributed by atoms with E-state index in [-0.39, 0.29) is 5.91 Å². The summed E-state index contributed by atoms with van der Waals surface area (Å²) in [5.74, 6) is 1.51. The third-order valence-corrected chi connectivity index (χ3v) is 7.52. The number of piperazine rings is 1. The summed E-state index contributed by atoms with van der Waals surface area (Å²) >= 11 is 7.69. The molecule has 9 heteroatoms. The van der Waals surface area contributed by atoms with Gasteiger partial charge in [-0.1, -0.05) is 6.07 Å².